The summed E-state index contributed by atoms with van der Waals surface area (Å²) in [5, 5.41) is 3.77. The molecule has 2 rings (SSSR count). The van der Waals surface area contributed by atoms with Crippen molar-refractivity contribution in [2.45, 2.75) is 25.8 Å². The Balaban J connectivity index is 1.67. The number of nitrogens with zero attached hydrogens (tertiary/aromatic N) is 2. The molecule has 0 aliphatic carbocycles. The number of carbonyl (C=O) groups excluding carboxylic acids is 1. The van der Waals surface area contributed by atoms with Crippen LogP contribution in [-0.4, -0.2) is 61.5 Å². The number of likely N-dealkylation sites (N-methyl/N-ethyl adjacent to an activating group) is 1. The van der Waals surface area contributed by atoms with E-state index in [9.17, 15) is 4.79 Å². The molecule has 0 aromatic heterocycles. The minimum atomic E-state index is 0.112. The van der Waals surface area contributed by atoms with Crippen molar-refractivity contribution in [1.82, 2.24) is 15.1 Å². The minimum absolute atomic E-state index is 0.112. The van der Waals surface area contributed by atoms with Crippen molar-refractivity contribution in [3.63, 3.8) is 0 Å². The third-order valence-corrected chi connectivity index (χ3v) is 4.52. The van der Waals surface area contributed by atoms with Crippen molar-refractivity contribution >= 4 is 17.5 Å². The lowest BCUT2D eigenvalue weighted by Crippen LogP contribution is -2.51. The highest BCUT2D eigenvalue weighted by atomic mass is 35.5. The molecule has 1 N–H and O–H groups in total. The van der Waals surface area contributed by atoms with Gasteiger partial charge in [0.15, 0.2) is 0 Å². The summed E-state index contributed by atoms with van der Waals surface area (Å²) in [7, 11) is 2.15. The average Bonchev–Trinajstić information content (AvgIpc) is 2.51. The molecule has 0 radical (unpaired) electrons. The van der Waals surface area contributed by atoms with Crippen LogP contribution in [-0.2, 0) is 11.2 Å². The largest absolute Gasteiger partial charge is 0.355 e. The lowest BCUT2D eigenvalue weighted by molar-refractivity contribution is -0.121. The number of carbonyl (C=O) groups is 1. The fraction of sp³-hybridized carbons (Fsp3) is 0.588. The van der Waals surface area contributed by atoms with Gasteiger partial charge < -0.3 is 10.2 Å². The van der Waals surface area contributed by atoms with Crippen LogP contribution in [0.1, 0.15) is 18.9 Å². The van der Waals surface area contributed by atoms with E-state index in [1.165, 1.54) is 0 Å². The van der Waals surface area contributed by atoms with Gasteiger partial charge in [0, 0.05) is 50.2 Å². The van der Waals surface area contributed by atoms with Gasteiger partial charge in [-0.3, -0.25) is 9.69 Å². The third kappa shape index (κ3) is 5.59. The minimum Gasteiger partial charge on any atom is -0.355 e. The van der Waals surface area contributed by atoms with Gasteiger partial charge >= 0.3 is 0 Å². The molecule has 1 aromatic rings. The summed E-state index contributed by atoms with van der Waals surface area (Å²) in [5.41, 5.74) is 1.11. The smallest absolute Gasteiger partial charge is 0.220 e. The van der Waals surface area contributed by atoms with Crippen LogP contribution in [0, 0.1) is 0 Å². The van der Waals surface area contributed by atoms with Crippen LogP contribution >= 0.6 is 11.6 Å². The van der Waals surface area contributed by atoms with Crippen LogP contribution in [0.3, 0.4) is 0 Å². The number of piperazine rings is 1. The number of nitrogens with one attached hydrogen (secondary N) is 1. The van der Waals surface area contributed by atoms with Gasteiger partial charge in [-0.1, -0.05) is 23.7 Å². The van der Waals surface area contributed by atoms with E-state index in [0.29, 0.717) is 12.5 Å². The van der Waals surface area contributed by atoms with Gasteiger partial charge in [0.2, 0.25) is 5.91 Å². The van der Waals surface area contributed by atoms with E-state index in [2.05, 4.69) is 29.1 Å². The van der Waals surface area contributed by atoms with Gasteiger partial charge in [0.1, 0.15) is 0 Å². The topological polar surface area (TPSA) is 35.6 Å². The summed E-state index contributed by atoms with van der Waals surface area (Å²) in [4.78, 5) is 16.8. The predicted molar refractivity (Wildman–Crippen MR) is 91.3 cm³/mol. The molecule has 1 amide bonds. The molecule has 1 saturated heterocycles. The van der Waals surface area contributed by atoms with Crippen LogP contribution in [0.5, 0.6) is 0 Å². The molecule has 0 saturated carbocycles. The molecule has 1 aliphatic heterocycles. The van der Waals surface area contributed by atoms with Crippen molar-refractivity contribution in [3.8, 4) is 0 Å². The Morgan fingerprint density at radius 1 is 1.32 bits per heavy atom. The first-order chi connectivity index (χ1) is 10.5. The molecule has 1 atom stereocenters. The molecular formula is C17H26ClN3O. The van der Waals surface area contributed by atoms with Crippen molar-refractivity contribution in [2.75, 3.05) is 39.8 Å². The lowest BCUT2D eigenvalue weighted by atomic mass is 10.1. The van der Waals surface area contributed by atoms with E-state index < -0.39 is 0 Å². The van der Waals surface area contributed by atoms with Crippen molar-refractivity contribution in [2.24, 2.45) is 0 Å². The summed E-state index contributed by atoms with van der Waals surface area (Å²) in [6.07, 6.45) is 1.24. The quantitative estimate of drug-likeness (QED) is 0.870. The number of hydrogen-bond acceptors (Lipinski definition) is 3. The van der Waals surface area contributed by atoms with E-state index in [4.69, 9.17) is 11.6 Å². The maximum absolute atomic E-state index is 12.0. The first kappa shape index (κ1) is 17.3. The molecule has 0 bridgehead atoms. The van der Waals surface area contributed by atoms with Crippen LogP contribution in [0.4, 0.5) is 0 Å². The lowest BCUT2D eigenvalue weighted by Gasteiger charge is -2.36. The average molecular weight is 324 g/mol. The second kappa shape index (κ2) is 8.51. The summed E-state index contributed by atoms with van der Waals surface area (Å²) < 4.78 is 0. The Bertz CT molecular complexity index is 487. The molecule has 0 unspecified atom stereocenters. The van der Waals surface area contributed by atoms with Gasteiger partial charge in [-0.05, 0) is 38.1 Å². The van der Waals surface area contributed by atoms with E-state index >= 15 is 0 Å². The molecule has 5 heteroatoms. The number of benzene rings is 1. The molecule has 1 aromatic carbocycles. The van der Waals surface area contributed by atoms with Crippen LogP contribution < -0.4 is 5.32 Å². The second-order valence-electron chi connectivity index (χ2n) is 6.12. The van der Waals surface area contributed by atoms with Gasteiger partial charge in [-0.2, -0.15) is 0 Å². The van der Waals surface area contributed by atoms with Crippen molar-refractivity contribution in [3.05, 3.63) is 34.9 Å². The van der Waals surface area contributed by atoms with E-state index in [0.717, 1.165) is 49.7 Å². The molecule has 0 spiro atoms. The molecule has 1 fully saturated rings. The molecule has 122 valence electrons. The van der Waals surface area contributed by atoms with Crippen molar-refractivity contribution in [1.29, 1.82) is 0 Å². The zero-order chi connectivity index (χ0) is 15.9. The number of hydrogen-bond donors (Lipinski definition) is 1. The fourth-order valence-corrected chi connectivity index (χ4v) is 2.90. The predicted octanol–water partition coefficient (Wildman–Crippen LogP) is 2.02. The third-order valence-electron chi connectivity index (χ3n) is 4.29. The summed E-state index contributed by atoms with van der Waals surface area (Å²) >= 11 is 5.95. The SMILES string of the molecule is C[C@@H](CNC(=O)CCc1cccc(Cl)c1)N1CCN(C)CC1. The number of amides is 1. The monoisotopic (exact) mass is 323 g/mol. The number of aryl methyl sites for hydroxylation is 1. The maximum atomic E-state index is 12.0. The van der Waals surface area contributed by atoms with Gasteiger partial charge in [-0.25, -0.2) is 0 Å². The van der Waals surface area contributed by atoms with Gasteiger partial charge in [-0.15, -0.1) is 0 Å². The first-order valence-electron chi connectivity index (χ1n) is 7.98. The van der Waals surface area contributed by atoms with E-state index in [-0.39, 0.29) is 5.91 Å². The van der Waals surface area contributed by atoms with Gasteiger partial charge in [0.25, 0.3) is 0 Å². The number of rotatable bonds is 6. The molecule has 22 heavy (non-hydrogen) atoms. The van der Waals surface area contributed by atoms with Crippen LogP contribution in [0.15, 0.2) is 24.3 Å². The molecule has 1 aliphatic rings. The molecular weight excluding hydrogens is 298 g/mol. The summed E-state index contributed by atoms with van der Waals surface area (Å²) in [6.45, 7) is 7.27. The Labute approximate surface area is 138 Å². The Morgan fingerprint density at radius 3 is 2.73 bits per heavy atom. The highest BCUT2D eigenvalue weighted by Crippen LogP contribution is 2.12. The second-order valence-corrected chi connectivity index (χ2v) is 6.56. The van der Waals surface area contributed by atoms with Crippen LogP contribution in [0.2, 0.25) is 5.02 Å². The number of halogens is 1. The Hall–Kier alpha value is -1.10. The standard InChI is InChI=1S/C17H26ClN3O/c1-14(21-10-8-20(2)9-11-21)13-19-17(22)7-6-15-4-3-5-16(18)12-15/h3-5,12,14H,6-11,13H2,1-2H3,(H,19,22)/t14-/m0/s1. The fourth-order valence-electron chi connectivity index (χ4n) is 2.69. The van der Waals surface area contributed by atoms with Crippen LogP contribution in [0.25, 0.3) is 0 Å². The Kier molecular flexibility index (Phi) is 6.68. The highest BCUT2D eigenvalue weighted by molar-refractivity contribution is 6.30. The maximum Gasteiger partial charge on any atom is 0.220 e. The summed E-state index contributed by atoms with van der Waals surface area (Å²) in [5.74, 6) is 0.112. The zero-order valence-electron chi connectivity index (χ0n) is 13.5. The molecule has 1 heterocycles. The van der Waals surface area contributed by atoms with Gasteiger partial charge in [0.05, 0.1) is 0 Å². The van der Waals surface area contributed by atoms with E-state index in [1.807, 2.05) is 24.3 Å². The summed E-state index contributed by atoms with van der Waals surface area (Å²) in [6, 6.07) is 8.09. The zero-order valence-corrected chi connectivity index (χ0v) is 14.3. The van der Waals surface area contributed by atoms with E-state index in [1.54, 1.807) is 0 Å². The van der Waals surface area contributed by atoms with Crippen molar-refractivity contribution < 1.29 is 4.79 Å². The highest BCUT2D eigenvalue weighted by Gasteiger charge is 2.19. The normalized spacial score (nSPS) is 18.1. The first-order valence-corrected chi connectivity index (χ1v) is 8.36. The molecule has 4 nitrogen and oxygen atoms in total. The Morgan fingerprint density at radius 2 is 2.05 bits per heavy atom.